The maximum atomic E-state index is 13.0. The van der Waals surface area contributed by atoms with E-state index in [9.17, 15) is 4.79 Å². The number of carbonyl (C=O) groups excluding carboxylic acids is 1. The van der Waals surface area contributed by atoms with Crippen LogP contribution in [-0.2, 0) is 11.3 Å². The summed E-state index contributed by atoms with van der Waals surface area (Å²) in [5, 5.41) is 4.43. The Hall–Kier alpha value is -3.09. The maximum Gasteiger partial charge on any atom is 0.244 e. The fraction of sp³-hybridized carbons (Fsp3) is 0.409. The number of likely N-dealkylation sites (tertiary alicyclic amines) is 1. The molecular formula is C22H26N6O. The second kappa shape index (κ2) is 8.11. The van der Waals surface area contributed by atoms with Gasteiger partial charge in [0.05, 0.1) is 11.4 Å². The zero-order valence-corrected chi connectivity index (χ0v) is 17.2. The molecule has 1 atom stereocenters. The van der Waals surface area contributed by atoms with Crippen molar-refractivity contribution >= 4 is 5.91 Å². The van der Waals surface area contributed by atoms with Crippen molar-refractivity contribution in [1.29, 1.82) is 0 Å². The van der Waals surface area contributed by atoms with Gasteiger partial charge in [0.15, 0.2) is 0 Å². The van der Waals surface area contributed by atoms with Gasteiger partial charge in [0.2, 0.25) is 5.91 Å². The lowest BCUT2D eigenvalue weighted by Crippen LogP contribution is -2.41. The Bertz CT molecular complexity index is 1010. The molecule has 0 N–H and O–H groups in total. The summed E-state index contributed by atoms with van der Waals surface area (Å²) in [7, 11) is 0. The van der Waals surface area contributed by atoms with Gasteiger partial charge < -0.3 is 4.90 Å². The molecule has 0 bridgehead atoms. The average molecular weight is 390 g/mol. The second-order valence-corrected chi connectivity index (χ2v) is 7.72. The number of amides is 1. The van der Waals surface area contributed by atoms with Crippen LogP contribution in [0.3, 0.4) is 0 Å². The van der Waals surface area contributed by atoms with E-state index in [0.717, 1.165) is 53.4 Å². The molecule has 29 heavy (non-hydrogen) atoms. The van der Waals surface area contributed by atoms with Crippen LogP contribution in [0, 0.1) is 20.8 Å². The molecule has 4 heterocycles. The van der Waals surface area contributed by atoms with Crippen LogP contribution in [0.25, 0.3) is 11.1 Å². The van der Waals surface area contributed by atoms with Crippen molar-refractivity contribution in [3.05, 3.63) is 59.7 Å². The van der Waals surface area contributed by atoms with Crippen molar-refractivity contribution in [1.82, 2.24) is 29.6 Å². The summed E-state index contributed by atoms with van der Waals surface area (Å²) >= 11 is 0. The van der Waals surface area contributed by atoms with Crippen LogP contribution in [0.1, 0.15) is 41.7 Å². The van der Waals surface area contributed by atoms with E-state index in [0.29, 0.717) is 6.54 Å². The lowest BCUT2D eigenvalue weighted by Gasteiger charge is -2.33. The van der Waals surface area contributed by atoms with Crippen molar-refractivity contribution in [2.45, 2.75) is 46.1 Å². The first-order chi connectivity index (χ1) is 14.0. The molecule has 7 heteroatoms. The standard InChI is InChI=1S/C22H26N6O/c1-15-11-16(2)28(26-15)14-21(29)27-10-4-5-19(13-27)22-20(12-24-17(3)25-22)18-6-8-23-9-7-18/h6-9,11-12,19H,4-5,10,13-14H2,1-3H3/t19-/m0/s1. The number of nitrogens with zero attached hydrogens (tertiary/aromatic N) is 6. The first kappa shape index (κ1) is 19.2. The predicted octanol–water partition coefficient (Wildman–Crippen LogP) is 3.07. The molecule has 3 aromatic rings. The molecule has 7 nitrogen and oxygen atoms in total. The van der Waals surface area contributed by atoms with Crippen LogP contribution >= 0.6 is 0 Å². The lowest BCUT2D eigenvalue weighted by molar-refractivity contribution is -0.133. The van der Waals surface area contributed by atoms with Crippen molar-refractivity contribution in [2.75, 3.05) is 13.1 Å². The molecule has 150 valence electrons. The molecule has 1 saturated heterocycles. The number of aryl methyl sites for hydroxylation is 3. The Morgan fingerprint density at radius 2 is 2.00 bits per heavy atom. The third-order valence-corrected chi connectivity index (χ3v) is 5.48. The highest BCUT2D eigenvalue weighted by atomic mass is 16.2. The van der Waals surface area contributed by atoms with Gasteiger partial charge in [-0.25, -0.2) is 9.97 Å². The number of pyridine rings is 1. The van der Waals surface area contributed by atoms with E-state index in [1.165, 1.54) is 0 Å². The van der Waals surface area contributed by atoms with Crippen LogP contribution in [0.5, 0.6) is 0 Å². The van der Waals surface area contributed by atoms with E-state index >= 15 is 0 Å². The quantitative estimate of drug-likeness (QED) is 0.684. The van der Waals surface area contributed by atoms with Gasteiger partial charge in [-0.2, -0.15) is 5.10 Å². The van der Waals surface area contributed by atoms with E-state index in [1.54, 1.807) is 17.1 Å². The van der Waals surface area contributed by atoms with E-state index < -0.39 is 0 Å². The van der Waals surface area contributed by atoms with Crippen LogP contribution < -0.4 is 0 Å². The van der Waals surface area contributed by atoms with E-state index in [-0.39, 0.29) is 18.4 Å². The summed E-state index contributed by atoms with van der Waals surface area (Å²) in [5.41, 5.74) is 5.05. The zero-order valence-electron chi connectivity index (χ0n) is 17.2. The Morgan fingerprint density at radius 3 is 2.72 bits per heavy atom. The van der Waals surface area contributed by atoms with Gasteiger partial charge >= 0.3 is 0 Å². The minimum Gasteiger partial charge on any atom is -0.340 e. The van der Waals surface area contributed by atoms with Gasteiger partial charge in [-0.05, 0) is 57.4 Å². The Balaban J connectivity index is 1.56. The summed E-state index contributed by atoms with van der Waals surface area (Å²) in [4.78, 5) is 28.2. The summed E-state index contributed by atoms with van der Waals surface area (Å²) in [6.07, 6.45) is 7.43. The smallest absolute Gasteiger partial charge is 0.244 e. The molecule has 0 unspecified atom stereocenters. The topological polar surface area (TPSA) is 76.8 Å². The summed E-state index contributed by atoms with van der Waals surface area (Å²) in [5.74, 6) is 1.05. The van der Waals surface area contributed by atoms with Crippen molar-refractivity contribution < 1.29 is 4.79 Å². The third kappa shape index (κ3) is 4.18. The summed E-state index contributed by atoms with van der Waals surface area (Å²) in [6, 6.07) is 5.95. The van der Waals surface area contributed by atoms with Crippen LogP contribution in [0.2, 0.25) is 0 Å². The molecule has 1 aliphatic rings. The van der Waals surface area contributed by atoms with Gasteiger partial charge in [-0.1, -0.05) is 0 Å². The molecule has 1 aliphatic heterocycles. The SMILES string of the molecule is Cc1cc(C)n(CC(=O)N2CCC[C@H](c3nc(C)ncc3-c3ccncc3)C2)n1. The highest BCUT2D eigenvalue weighted by molar-refractivity contribution is 5.76. The first-order valence-corrected chi connectivity index (χ1v) is 10.0. The number of piperidine rings is 1. The zero-order chi connectivity index (χ0) is 20.4. The lowest BCUT2D eigenvalue weighted by atomic mass is 9.90. The number of hydrogen-bond acceptors (Lipinski definition) is 5. The molecule has 0 radical (unpaired) electrons. The molecule has 0 spiro atoms. The largest absolute Gasteiger partial charge is 0.340 e. The Kier molecular flexibility index (Phi) is 5.38. The van der Waals surface area contributed by atoms with Gasteiger partial charge in [0, 0.05) is 48.9 Å². The number of hydrogen-bond donors (Lipinski definition) is 0. The van der Waals surface area contributed by atoms with Crippen molar-refractivity contribution in [2.24, 2.45) is 0 Å². The highest BCUT2D eigenvalue weighted by Gasteiger charge is 2.28. The third-order valence-electron chi connectivity index (χ3n) is 5.48. The molecule has 4 rings (SSSR count). The molecule has 1 fully saturated rings. The molecule has 1 amide bonds. The molecule has 0 aliphatic carbocycles. The van der Waals surface area contributed by atoms with Crippen LogP contribution in [-0.4, -0.2) is 48.6 Å². The minimum atomic E-state index is 0.108. The fourth-order valence-corrected chi connectivity index (χ4v) is 4.04. The first-order valence-electron chi connectivity index (χ1n) is 10.0. The van der Waals surface area contributed by atoms with E-state index in [1.807, 2.05) is 50.1 Å². The van der Waals surface area contributed by atoms with Gasteiger partial charge in [0.1, 0.15) is 12.4 Å². The minimum absolute atomic E-state index is 0.108. The number of carbonyl (C=O) groups is 1. The van der Waals surface area contributed by atoms with Crippen LogP contribution in [0.15, 0.2) is 36.8 Å². The number of aromatic nitrogens is 5. The molecule has 0 saturated carbocycles. The Labute approximate surface area is 170 Å². The Morgan fingerprint density at radius 1 is 1.21 bits per heavy atom. The summed E-state index contributed by atoms with van der Waals surface area (Å²) in [6.45, 7) is 7.58. The van der Waals surface area contributed by atoms with Gasteiger partial charge in [-0.15, -0.1) is 0 Å². The van der Waals surface area contributed by atoms with Crippen molar-refractivity contribution in [3.8, 4) is 11.1 Å². The molecule has 3 aromatic heterocycles. The monoisotopic (exact) mass is 390 g/mol. The second-order valence-electron chi connectivity index (χ2n) is 7.72. The average Bonchev–Trinajstić information content (AvgIpc) is 3.05. The molecule has 0 aromatic carbocycles. The van der Waals surface area contributed by atoms with Crippen molar-refractivity contribution in [3.63, 3.8) is 0 Å². The summed E-state index contributed by atoms with van der Waals surface area (Å²) < 4.78 is 1.79. The highest BCUT2D eigenvalue weighted by Crippen LogP contribution is 2.32. The maximum absolute atomic E-state index is 13.0. The fourth-order valence-electron chi connectivity index (χ4n) is 4.04. The van der Waals surface area contributed by atoms with E-state index in [4.69, 9.17) is 4.98 Å². The van der Waals surface area contributed by atoms with Gasteiger partial charge in [-0.3, -0.25) is 14.5 Å². The number of rotatable bonds is 4. The van der Waals surface area contributed by atoms with E-state index in [2.05, 4.69) is 15.1 Å². The molecular weight excluding hydrogens is 364 g/mol. The predicted molar refractivity (Wildman–Crippen MR) is 110 cm³/mol. The normalized spacial score (nSPS) is 16.8. The van der Waals surface area contributed by atoms with Crippen LogP contribution in [0.4, 0.5) is 0 Å². The van der Waals surface area contributed by atoms with Gasteiger partial charge in [0.25, 0.3) is 0 Å².